The van der Waals surface area contributed by atoms with Gasteiger partial charge in [-0.25, -0.2) is 0 Å². The molecule has 0 atom stereocenters. The Morgan fingerprint density at radius 3 is 2.63 bits per heavy atom. The molecule has 0 saturated heterocycles. The van der Waals surface area contributed by atoms with E-state index in [1.807, 2.05) is 0 Å². The van der Waals surface area contributed by atoms with Gasteiger partial charge in [0.15, 0.2) is 0 Å². The van der Waals surface area contributed by atoms with Crippen LogP contribution in [0.1, 0.15) is 36.0 Å². The van der Waals surface area contributed by atoms with E-state index in [0.717, 1.165) is 30.2 Å². The van der Waals surface area contributed by atoms with Crippen LogP contribution in [-0.4, -0.2) is 34.3 Å². The maximum Gasteiger partial charge on any atom is 0.256 e. The van der Waals surface area contributed by atoms with E-state index in [4.69, 9.17) is 5.73 Å². The number of amides is 2. The van der Waals surface area contributed by atoms with Gasteiger partial charge in [0.05, 0.1) is 12.1 Å². The quantitative estimate of drug-likeness (QED) is 0.915. The largest absolute Gasteiger partial charge is 0.368 e. The standard InChI is InChI=1S/C13H16BrN3O2/c14-10-5-9(6-16-7-10)13(19)17(8-12(15)18)11-3-1-2-4-11/h5-7,11H,1-4,8H2,(H2,15,18). The number of pyridine rings is 1. The Morgan fingerprint density at radius 2 is 2.05 bits per heavy atom. The first-order valence-electron chi connectivity index (χ1n) is 6.28. The van der Waals surface area contributed by atoms with Crippen LogP contribution < -0.4 is 5.73 Å². The van der Waals surface area contributed by atoms with Crippen molar-refractivity contribution in [3.63, 3.8) is 0 Å². The summed E-state index contributed by atoms with van der Waals surface area (Å²) in [5, 5.41) is 0. The average molecular weight is 326 g/mol. The molecule has 2 amide bonds. The lowest BCUT2D eigenvalue weighted by Gasteiger charge is -2.27. The van der Waals surface area contributed by atoms with Crippen molar-refractivity contribution >= 4 is 27.7 Å². The number of primary amides is 1. The van der Waals surface area contributed by atoms with Crippen LogP contribution >= 0.6 is 15.9 Å². The molecule has 0 spiro atoms. The van der Waals surface area contributed by atoms with Crippen molar-refractivity contribution in [3.05, 3.63) is 28.5 Å². The highest BCUT2D eigenvalue weighted by Crippen LogP contribution is 2.25. The molecule has 0 aromatic carbocycles. The molecule has 0 radical (unpaired) electrons. The van der Waals surface area contributed by atoms with Crippen LogP contribution in [-0.2, 0) is 4.79 Å². The van der Waals surface area contributed by atoms with Gasteiger partial charge >= 0.3 is 0 Å². The molecule has 2 rings (SSSR count). The highest BCUT2D eigenvalue weighted by Gasteiger charge is 2.28. The number of hydrogen-bond donors (Lipinski definition) is 1. The number of aromatic nitrogens is 1. The van der Waals surface area contributed by atoms with Crippen LogP contribution in [0.25, 0.3) is 0 Å². The maximum atomic E-state index is 12.5. The number of halogens is 1. The van der Waals surface area contributed by atoms with Gasteiger partial charge in [-0.15, -0.1) is 0 Å². The van der Waals surface area contributed by atoms with Crippen molar-refractivity contribution in [3.8, 4) is 0 Å². The zero-order valence-corrected chi connectivity index (χ0v) is 12.1. The van der Waals surface area contributed by atoms with Gasteiger partial charge < -0.3 is 10.6 Å². The van der Waals surface area contributed by atoms with E-state index in [-0.39, 0.29) is 18.5 Å². The monoisotopic (exact) mass is 325 g/mol. The van der Waals surface area contributed by atoms with Crippen molar-refractivity contribution in [1.29, 1.82) is 0 Å². The number of rotatable bonds is 4. The fourth-order valence-electron chi connectivity index (χ4n) is 2.45. The fraction of sp³-hybridized carbons (Fsp3) is 0.462. The van der Waals surface area contributed by atoms with Gasteiger partial charge in [-0.3, -0.25) is 14.6 Å². The molecule has 1 fully saturated rings. The summed E-state index contributed by atoms with van der Waals surface area (Å²) in [6.45, 7) is -0.0317. The van der Waals surface area contributed by atoms with E-state index in [2.05, 4.69) is 20.9 Å². The van der Waals surface area contributed by atoms with Crippen molar-refractivity contribution in [2.75, 3.05) is 6.54 Å². The molecule has 6 heteroatoms. The smallest absolute Gasteiger partial charge is 0.256 e. The van der Waals surface area contributed by atoms with E-state index >= 15 is 0 Å². The summed E-state index contributed by atoms with van der Waals surface area (Å²) in [5.41, 5.74) is 5.72. The first-order chi connectivity index (χ1) is 9.08. The zero-order valence-electron chi connectivity index (χ0n) is 10.5. The van der Waals surface area contributed by atoms with Crippen molar-refractivity contribution in [2.45, 2.75) is 31.7 Å². The number of nitrogens with zero attached hydrogens (tertiary/aromatic N) is 2. The molecule has 0 bridgehead atoms. The second kappa shape index (κ2) is 6.14. The van der Waals surface area contributed by atoms with Gasteiger partial charge in [0.2, 0.25) is 5.91 Å². The highest BCUT2D eigenvalue weighted by atomic mass is 79.9. The Kier molecular flexibility index (Phi) is 4.52. The minimum Gasteiger partial charge on any atom is -0.368 e. The Bertz CT molecular complexity index is 487. The van der Waals surface area contributed by atoms with E-state index in [0.29, 0.717) is 5.56 Å². The first-order valence-corrected chi connectivity index (χ1v) is 7.07. The minimum absolute atomic E-state index is 0.0317. The molecule has 1 aromatic heterocycles. The lowest BCUT2D eigenvalue weighted by atomic mass is 10.1. The Morgan fingerprint density at radius 1 is 1.37 bits per heavy atom. The highest BCUT2D eigenvalue weighted by molar-refractivity contribution is 9.10. The van der Waals surface area contributed by atoms with E-state index < -0.39 is 5.91 Å². The molecule has 0 aliphatic heterocycles. The second-order valence-electron chi connectivity index (χ2n) is 4.73. The van der Waals surface area contributed by atoms with Crippen LogP contribution in [0.2, 0.25) is 0 Å². The third kappa shape index (κ3) is 3.53. The second-order valence-corrected chi connectivity index (χ2v) is 5.65. The van der Waals surface area contributed by atoms with Crippen LogP contribution in [0.15, 0.2) is 22.9 Å². The molecule has 2 N–H and O–H groups in total. The normalized spacial score (nSPS) is 15.4. The predicted octanol–water partition coefficient (Wildman–Crippen LogP) is 1.71. The SMILES string of the molecule is NC(=O)CN(C(=O)c1cncc(Br)c1)C1CCCC1. The van der Waals surface area contributed by atoms with Crippen LogP contribution in [0.5, 0.6) is 0 Å². The van der Waals surface area contributed by atoms with Crippen LogP contribution in [0.3, 0.4) is 0 Å². The molecular formula is C13H16BrN3O2. The minimum atomic E-state index is -0.483. The van der Waals surface area contributed by atoms with Crippen LogP contribution in [0, 0.1) is 0 Å². The molecule has 5 nitrogen and oxygen atoms in total. The fourth-order valence-corrected chi connectivity index (χ4v) is 2.81. The van der Waals surface area contributed by atoms with Gasteiger partial charge in [-0.05, 0) is 34.8 Å². The lowest BCUT2D eigenvalue weighted by Crippen LogP contribution is -2.44. The summed E-state index contributed by atoms with van der Waals surface area (Å²) < 4.78 is 0.740. The Hall–Kier alpha value is -1.43. The Balaban J connectivity index is 2.21. The topological polar surface area (TPSA) is 76.3 Å². The number of hydrogen-bond acceptors (Lipinski definition) is 3. The van der Waals surface area contributed by atoms with Gasteiger partial charge in [0, 0.05) is 22.9 Å². The molecule has 0 unspecified atom stereocenters. The van der Waals surface area contributed by atoms with Crippen molar-refractivity contribution in [2.24, 2.45) is 5.73 Å². The number of carbonyl (C=O) groups is 2. The molecule has 1 aliphatic carbocycles. The molecule has 1 aliphatic rings. The third-order valence-corrected chi connectivity index (χ3v) is 3.74. The first kappa shape index (κ1) is 14.0. The lowest BCUT2D eigenvalue weighted by molar-refractivity contribution is -0.119. The van der Waals surface area contributed by atoms with Crippen molar-refractivity contribution in [1.82, 2.24) is 9.88 Å². The van der Waals surface area contributed by atoms with Crippen molar-refractivity contribution < 1.29 is 9.59 Å². The summed E-state index contributed by atoms with van der Waals surface area (Å²) in [6, 6.07) is 1.82. The summed E-state index contributed by atoms with van der Waals surface area (Å²) in [5.74, 6) is -0.664. The van der Waals surface area contributed by atoms with Crippen LogP contribution in [0.4, 0.5) is 0 Å². The average Bonchev–Trinajstić information content (AvgIpc) is 2.88. The van der Waals surface area contributed by atoms with E-state index in [9.17, 15) is 9.59 Å². The maximum absolute atomic E-state index is 12.5. The molecule has 1 heterocycles. The Labute approximate surface area is 120 Å². The van der Waals surface area contributed by atoms with Gasteiger partial charge in [0.25, 0.3) is 5.91 Å². The molecular weight excluding hydrogens is 310 g/mol. The summed E-state index contributed by atoms with van der Waals surface area (Å²) in [4.78, 5) is 29.2. The van der Waals surface area contributed by atoms with E-state index in [1.54, 1.807) is 17.2 Å². The molecule has 1 saturated carbocycles. The van der Waals surface area contributed by atoms with Gasteiger partial charge in [-0.2, -0.15) is 0 Å². The number of nitrogens with two attached hydrogens (primary N) is 1. The third-order valence-electron chi connectivity index (χ3n) is 3.30. The predicted molar refractivity (Wildman–Crippen MR) is 74.4 cm³/mol. The number of carbonyl (C=O) groups excluding carboxylic acids is 2. The summed E-state index contributed by atoms with van der Waals surface area (Å²) in [7, 11) is 0. The molecule has 1 aromatic rings. The zero-order chi connectivity index (χ0) is 13.8. The summed E-state index contributed by atoms with van der Waals surface area (Å²) in [6.07, 6.45) is 7.16. The van der Waals surface area contributed by atoms with E-state index in [1.165, 1.54) is 6.20 Å². The molecule has 102 valence electrons. The summed E-state index contributed by atoms with van der Waals surface area (Å²) >= 11 is 3.29. The molecule has 19 heavy (non-hydrogen) atoms. The van der Waals surface area contributed by atoms with Gasteiger partial charge in [0.1, 0.15) is 0 Å². The van der Waals surface area contributed by atoms with Gasteiger partial charge in [-0.1, -0.05) is 12.8 Å².